The Bertz CT molecular complexity index is 203. The van der Waals surface area contributed by atoms with Gasteiger partial charge in [-0.15, -0.1) is 0 Å². The summed E-state index contributed by atoms with van der Waals surface area (Å²) < 4.78 is 0. The Balaban J connectivity index is 2.28. The molecule has 0 aliphatic carbocycles. The molecule has 0 aromatic carbocycles. The highest BCUT2D eigenvalue weighted by molar-refractivity contribution is 4.75. The maximum atomic E-state index is 3.66. The smallest absolute Gasteiger partial charge is 0.00766 e. The molecule has 2 atom stereocenters. The Morgan fingerprint density at radius 1 is 1.17 bits per heavy atom. The molecule has 2 unspecified atom stereocenters. The molecular formula is C16H34N2. The summed E-state index contributed by atoms with van der Waals surface area (Å²) in [7, 11) is 0. The average molecular weight is 254 g/mol. The van der Waals surface area contributed by atoms with Crippen LogP contribution in [0.4, 0.5) is 0 Å². The van der Waals surface area contributed by atoms with Crippen molar-refractivity contribution in [3.8, 4) is 0 Å². The van der Waals surface area contributed by atoms with Crippen LogP contribution >= 0.6 is 0 Å². The average Bonchev–Trinajstić information content (AvgIpc) is 2.28. The minimum atomic E-state index is 0.746. The highest BCUT2D eigenvalue weighted by Gasteiger charge is 2.17. The Kier molecular flexibility index (Phi) is 7.92. The number of hydrogen-bond donors (Lipinski definition) is 1. The molecule has 0 amide bonds. The molecule has 1 fully saturated rings. The van der Waals surface area contributed by atoms with Crippen LogP contribution in [0.3, 0.4) is 0 Å². The molecule has 1 heterocycles. The SMILES string of the molecule is CCC1CCN(C(C)CCCC(C)C)CCCN1. The summed E-state index contributed by atoms with van der Waals surface area (Å²) in [4.78, 5) is 2.73. The molecule has 1 saturated heterocycles. The molecule has 108 valence electrons. The fourth-order valence-electron chi connectivity index (χ4n) is 2.92. The summed E-state index contributed by atoms with van der Waals surface area (Å²) in [5.41, 5.74) is 0. The van der Waals surface area contributed by atoms with E-state index in [0.29, 0.717) is 0 Å². The Labute approximate surface area is 115 Å². The van der Waals surface area contributed by atoms with E-state index in [9.17, 15) is 0 Å². The van der Waals surface area contributed by atoms with Gasteiger partial charge in [-0.3, -0.25) is 0 Å². The van der Waals surface area contributed by atoms with Crippen molar-refractivity contribution in [2.45, 2.75) is 78.3 Å². The lowest BCUT2D eigenvalue weighted by molar-refractivity contribution is 0.169. The van der Waals surface area contributed by atoms with Crippen LogP contribution in [0.1, 0.15) is 66.2 Å². The van der Waals surface area contributed by atoms with Gasteiger partial charge < -0.3 is 10.2 Å². The largest absolute Gasteiger partial charge is 0.314 e. The number of hydrogen-bond acceptors (Lipinski definition) is 2. The topological polar surface area (TPSA) is 15.3 Å². The Morgan fingerprint density at radius 2 is 1.94 bits per heavy atom. The molecule has 0 aromatic heterocycles. The quantitative estimate of drug-likeness (QED) is 0.778. The highest BCUT2D eigenvalue weighted by Crippen LogP contribution is 2.15. The third-order valence-electron chi connectivity index (χ3n) is 4.34. The zero-order chi connectivity index (χ0) is 13.4. The van der Waals surface area contributed by atoms with Gasteiger partial charge in [-0.05, 0) is 58.2 Å². The second kappa shape index (κ2) is 8.92. The third-order valence-corrected chi connectivity index (χ3v) is 4.34. The van der Waals surface area contributed by atoms with E-state index >= 15 is 0 Å². The zero-order valence-corrected chi connectivity index (χ0v) is 13.0. The fourth-order valence-corrected chi connectivity index (χ4v) is 2.92. The van der Waals surface area contributed by atoms with Crippen LogP contribution in [-0.4, -0.2) is 36.6 Å². The standard InChI is InChI=1S/C16H34N2/c1-5-16-10-13-18(12-7-11-17-16)15(4)9-6-8-14(2)3/h14-17H,5-13H2,1-4H3. The second-order valence-electron chi connectivity index (χ2n) is 6.41. The van der Waals surface area contributed by atoms with Gasteiger partial charge in [0.05, 0.1) is 0 Å². The molecule has 0 spiro atoms. The lowest BCUT2D eigenvalue weighted by atomic mass is 10.0. The van der Waals surface area contributed by atoms with Gasteiger partial charge >= 0.3 is 0 Å². The lowest BCUT2D eigenvalue weighted by Crippen LogP contribution is -2.43. The van der Waals surface area contributed by atoms with Crippen molar-refractivity contribution in [1.29, 1.82) is 0 Å². The predicted molar refractivity (Wildman–Crippen MR) is 81.0 cm³/mol. The van der Waals surface area contributed by atoms with E-state index < -0.39 is 0 Å². The molecule has 18 heavy (non-hydrogen) atoms. The summed E-state index contributed by atoms with van der Waals surface area (Å²) in [6.07, 6.45) is 8.07. The summed E-state index contributed by atoms with van der Waals surface area (Å²) in [6.45, 7) is 13.2. The van der Waals surface area contributed by atoms with Gasteiger partial charge in [0.2, 0.25) is 0 Å². The summed E-state index contributed by atoms with van der Waals surface area (Å²) in [6, 6.07) is 1.52. The van der Waals surface area contributed by atoms with Gasteiger partial charge in [0.1, 0.15) is 0 Å². The second-order valence-corrected chi connectivity index (χ2v) is 6.41. The molecule has 2 nitrogen and oxygen atoms in total. The maximum absolute atomic E-state index is 3.66. The predicted octanol–water partition coefficient (Wildman–Crippen LogP) is 3.67. The van der Waals surface area contributed by atoms with Gasteiger partial charge in [0.25, 0.3) is 0 Å². The summed E-state index contributed by atoms with van der Waals surface area (Å²) in [5.74, 6) is 0.859. The van der Waals surface area contributed by atoms with Crippen molar-refractivity contribution in [3.05, 3.63) is 0 Å². The van der Waals surface area contributed by atoms with Crippen LogP contribution in [-0.2, 0) is 0 Å². The minimum Gasteiger partial charge on any atom is -0.314 e. The number of nitrogens with zero attached hydrogens (tertiary/aromatic N) is 1. The lowest BCUT2D eigenvalue weighted by Gasteiger charge is -2.33. The molecule has 0 saturated carbocycles. The van der Waals surface area contributed by atoms with Crippen molar-refractivity contribution in [3.63, 3.8) is 0 Å². The Hall–Kier alpha value is -0.0800. The number of nitrogens with one attached hydrogen (secondary N) is 1. The van der Waals surface area contributed by atoms with E-state index in [-0.39, 0.29) is 0 Å². The van der Waals surface area contributed by atoms with Gasteiger partial charge in [-0.25, -0.2) is 0 Å². The normalized spacial score (nSPS) is 24.8. The molecule has 1 aliphatic heterocycles. The van der Waals surface area contributed by atoms with Crippen LogP contribution in [0.5, 0.6) is 0 Å². The minimum absolute atomic E-state index is 0.746. The van der Waals surface area contributed by atoms with Gasteiger partial charge in [-0.1, -0.05) is 33.6 Å². The molecule has 0 aromatic rings. The van der Waals surface area contributed by atoms with Gasteiger partial charge in [0, 0.05) is 12.1 Å². The first-order valence-electron chi connectivity index (χ1n) is 8.11. The molecule has 1 aliphatic rings. The summed E-state index contributed by atoms with van der Waals surface area (Å²) >= 11 is 0. The van der Waals surface area contributed by atoms with Crippen LogP contribution in [0, 0.1) is 5.92 Å². The molecule has 0 bridgehead atoms. The van der Waals surface area contributed by atoms with E-state index in [0.717, 1.165) is 18.0 Å². The van der Waals surface area contributed by atoms with Crippen molar-refractivity contribution >= 4 is 0 Å². The van der Waals surface area contributed by atoms with E-state index in [1.807, 2.05) is 0 Å². The van der Waals surface area contributed by atoms with Crippen LogP contribution in [0.25, 0.3) is 0 Å². The zero-order valence-electron chi connectivity index (χ0n) is 13.0. The first kappa shape index (κ1) is 16.0. The monoisotopic (exact) mass is 254 g/mol. The maximum Gasteiger partial charge on any atom is 0.00766 e. The molecule has 2 heteroatoms. The van der Waals surface area contributed by atoms with Crippen molar-refractivity contribution in [2.24, 2.45) is 5.92 Å². The van der Waals surface area contributed by atoms with Gasteiger partial charge in [-0.2, -0.15) is 0 Å². The first-order valence-corrected chi connectivity index (χ1v) is 8.11. The number of rotatable bonds is 6. The van der Waals surface area contributed by atoms with Crippen molar-refractivity contribution in [1.82, 2.24) is 10.2 Å². The van der Waals surface area contributed by atoms with Crippen LogP contribution in [0.2, 0.25) is 0 Å². The molecule has 0 radical (unpaired) electrons. The molecular weight excluding hydrogens is 220 g/mol. The molecule has 1 N–H and O–H groups in total. The first-order chi connectivity index (χ1) is 8.63. The third kappa shape index (κ3) is 6.19. The van der Waals surface area contributed by atoms with E-state index in [4.69, 9.17) is 0 Å². The molecule has 1 rings (SSSR count). The van der Waals surface area contributed by atoms with Crippen molar-refractivity contribution in [2.75, 3.05) is 19.6 Å². The van der Waals surface area contributed by atoms with Crippen molar-refractivity contribution < 1.29 is 0 Å². The van der Waals surface area contributed by atoms with E-state index in [2.05, 4.69) is 37.9 Å². The fraction of sp³-hybridized carbons (Fsp3) is 1.00. The Morgan fingerprint density at radius 3 is 2.61 bits per heavy atom. The van der Waals surface area contributed by atoms with Gasteiger partial charge in [0.15, 0.2) is 0 Å². The van der Waals surface area contributed by atoms with E-state index in [1.54, 1.807) is 0 Å². The van der Waals surface area contributed by atoms with E-state index in [1.165, 1.54) is 58.2 Å². The van der Waals surface area contributed by atoms with Crippen LogP contribution in [0.15, 0.2) is 0 Å². The highest BCUT2D eigenvalue weighted by atomic mass is 15.2. The van der Waals surface area contributed by atoms with Crippen LogP contribution < -0.4 is 5.32 Å². The summed E-state index contributed by atoms with van der Waals surface area (Å²) in [5, 5.41) is 3.66.